The molecule has 0 unspecified atom stereocenters. The smallest absolute Gasteiger partial charge is 0.234 e. The standard InChI is InChI=1S/C19H26N4O2S/c1-19(2,3)13-23-15(9-14-11-21-17(10-20)22-18(14)23)12-26(24,25)16-7-5-4-6-8-16/h9,11,16H,4-8,12-13H2,1-3H3. The zero-order chi connectivity index (χ0) is 18.9. The fraction of sp³-hybridized carbons (Fsp3) is 0.632. The molecule has 0 radical (unpaired) electrons. The van der Waals surface area contributed by atoms with Gasteiger partial charge in [-0.05, 0) is 24.3 Å². The summed E-state index contributed by atoms with van der Waals surface area (Å²) >= 11 is 0. The number of rotatable bonds is 4. The summed E-state index contributed by atoms with van der Waals surface area (Å²) in [6, 6.07) is 3.83. The van der Waals surface area contributed by atoms with Crippen LogP contribution in [0, 0.1) is 16.7 Å². The molecule has 0 bridgehead atoms. The van der Waals surface area contributed by atoms with Crippen molar-refractivity contribution in [2.45, 2.75) is 70.4 Å². The van der Waals surface area contributed by atoms with E-state index in [1.165, 1.54) is 0 Å². The van der Waals surface area contributed by atoms with Gasteiger partial charge in [-0.3, -0.25) is 0 Å². The third-order valence-electron chi connectivity index (χ3n) is 4.86. The van der Waals surface area contributed by atoms with E-state index >= 15 is 0 Å². The van der Waals surface area contributed by atoms with Crippen LogP contribution in [0.1, 0.15) is 64.4 Å². The molecule has 140 valence electrons. The van der Waals surface area contributed by atoms with Gasteiger partial charge in [0.1, 0.15) is 11.7 Å². The second-order valence-electron chi connectivity index (χ2n) is 8.43. The van der Waals surface area contributed by atoms with Crippen molar-refractivity contribution in [3.05, 3.63) is 23.8 Å². The van der Waals surface area contributed by atoms with E-state index in [0.29, 0.717) is 12.2 Å². The van der Waals surface area contributed by atoms with Crippen LogP contribution in [0.5, 0.6) is 0 Å². The molecular formula is C19H26N4O2S. The molecule has 2 aromatic rings. The largest absolute Gasteiger partial charge is 0.328 e. The van der Waals surface area contributed by atoms with Crippen molar-refractivity contribution in [3.8, 4) is 6.07 Å². The zero-order valence-corrected chi connectivity index (χ0v) is 16.5. The average Bonchev–Trinajstić information content (AvgIpc) is 2.90. The Labute approximate surface area is 155 Å². The molecule has 0 N–H and O–H groups in total. The molecule has 2 aromatic heterocycles. The molecule has 1 saturated carbocycles. The van der Waals surface area contributed by atoms with Gasteiger partial charge in [-0.1, -0.05) is 40.0 Å². The first-order chi connectivity index (χ1) is 12.2. The van der Waals surface area contributed by atoms with Crippen molar-refractivity contribution in [1.29, 1.82) is 5.26 Å². The summed E-state index contributed by atoms with van der Waals surface area (Å²) in [5.41, 5.74) is 1.33. The van der Waals surface area contributed by atoms with Gasteiger partial charge in [0.2, 0.25) is 5.82 Å². The maximum Gasteiger partial charge on any atom is 0.234 e. The third kappa shape index (κ3) is 4.07. The number of hydrogen-bond acceptors (Lipinski definition) is 5. The quantitative estimate of drug-likeness (QED) is 0.816. The Bertz CT molecular complexity index is 942. The van der Waals surface area contributed by atoms with Crippen LogP contribution in [0.3, 0.4) is 0 Å². The number of aromatic nitrogens is 3. The van der Waals surface area contributed by atoms with Gasteiger partial charge in [0.05, 0.1) is 11.0 Å². The predicted octanol–water partition coefficient (Wildman–Crippen LogP) is 3.60. The maximum absolute atomic E-state index is 13.0. The second-order valence-corrected chi connectivity index (χ2v) is 10.7. The summed E-state index contributed by atoms with van der Waals surface area (Å²) in [6.45, 7) is 6.94. The second kappa shape index (κ2) is 6.99. The van der Waals surface area contributed by atoms with E-state index in [2.05, 4.69) is 30.7 Å². The van der Waals surface area contributed by atoms with Crippen molar-refractivity contribution >= 4 is 20.9 Å². The zero-order valence-electron chi connectivity index (χ0n) is 15.7. The molecule has 6 nitrogen and oxygen atoms in total. The lowest BCUT2D eigenvalue weighted by Crippen LogP contribution is -2.27. The van der Waals surface area contributed by atoms with Gasteiger partial charge < -0.3 is 4.57 Å². The van der Waals surface area contributed by atoms with Crippen molar-refractivity contribution in [2.75, 3.05) is 0 Å². The summed E-state index contributed by atoms with van der Waals surface area (Å²) < 4.78 is 27.9. The van der Waals surface area contributed by atoms with E-state index in [1.54, 1.807) is 6.20 Å². The normalized spacial score (nSPS) is 16.7. The van der Waals surface area contributed by atoms with Gasteiger partial charge >= 0.3 is 0 Å². The fourth-order valence-corrected chi connectivity index (χ4v) is 5.60. The van der Waals surface area contributed by atoms with Gasteiger partial charge in [0.25, 0.3) is 0 Å². The van der Waals surface area contributed by atoms with Crippen LogP contribution in [0.2, 0.25) is 0 Å². The van der Waals surface area contributed by atoms with E-state index in [4.69, 9.17) is 5.26 Å². The van der Waals surface area contributed by atoms with E-state index < -0.39 is 9.84 Å². The number of sulfone groups is 1. The number of nitriles is 1. The Kier molecular flexibility index (Phi) is 5.07. The van der Waals surface area contributed by atoms with Crippen molar-refractivity contribution in [2.24, 2.45) is 5.41 Å². The third-order valence-corrected chi connectivity index (χ3v) is 7.05. The highest BCUT2D eigenvalue weighted by Gasteiger charge is 2.29. The SMILES string of the molecule is CC(C)(C)Cn1c(CS(=O)(=O)C2CCCCC2)cc2cnc(C#N)nc21. The van der Waals surface area contributed by atoms with Gasteiger partial charge in [-0.25, -0.2) is 18.4 Å². The Morgan fingerprint density at radius 3 is 2.58 bits per heavy atom. The molecule has 0 aliphatic heterocycles. The molecule has 0 saturated heterocycles. The first-order valence-electron chi connectivity index (χ1n) is 9.16. The molecule has 1 aliphatic rings. The Hall–Kier alpha value is -1.94. The summed E-state index contributed by atoms with van der Waals surface area (Å²) in [5.74, 6) is 0.124. The van der Waals surface area contributed by atoms with Crippen molar-refractivity contribution in [1.82, 2.24) is 14.5 Å². The van der Waals surface area contributed by atoms with Gasteiger partial charge in [-0.2, -0.15) is 5.26 Å². The summed E-state index contributed by atoms with van der Waals surface area (Å²) in [7, 11) is -3.21. The van der Waals surface area contributed by atoms with E-state index in [9.17, 15) is 8.42 Å². The Balaban J connectivity index is 2.04. The lowest BCUT2D eigenvalue weighted by molar-refractivity contribution is 0.344. The van der Waals surface area contributed by atoms with Crippen LogP contribution in [0.4, 0.5) is 0 Å². The number of hydrogen-bond donors (Lipinski definition) is 0. The molecule has 0 amide bonds. The highest BCUT2D eigenvalue weighted by molar-refractivity contribution is 7.91. The number of nitrogens with zero attached hydrogens (tertiary/aromatic N) is 4. The van der Waals surface area contributed by atoms with E-state index in [-0.39, 0.29) is 22.2 Å². The van der Waals surface area contributed by atoms with Crippen LogP contribution >= 0.6 is 0 Å². The Morgan fingerprint density at radius 1 is 1.27 bits per heavy atom. The summed E-state index contributed by atoms with van der Waals surface area (Å²) in [6.07, 6.45) is 6.25. The lowest BCUT2D eigenvalue weighted by atomic mass is 9.97. The lowest BCUT2D eigenvalue weighted by Gasteiger charge is -2.24. The molecule has 3 rings (SSSR count). The molecule has 1 fully saturated rings. The fourth-order valence-electron chi connectivity index (χ4n) is 3.67. The maximum atomic E-state index is 13.0. The van der Waals surface area contributed by atoms with E-state index in [0.717, 1.165) is 43.2 Å². The first-order valence-corrected chi connectivity index (χ1v) is 10.9. The van der Waals surface area contributed by atoms with Crippen LogP contribution in [-0.2, 0) is 22.1 Å². The van der Waals surface area contributed by atoms with Crippen LogP contribution in [0.25, 0.3) is 11.0 Å². The van der Waals surface area contributed by atoms with Gasteiger partial charge in [-0.15, -0.1) is 0 Å². The van der Waals surface area contributed by atoms with Crippen LogP contribution < -0.4 is 0 Å². The summed E-state index contributed by atoms with van der Waals surface area (Å²) in [5, 5.41) is 9.65. The van der Waals surface area contributed by atoms with E-state index in [1.807, 2.05) is 16.7 Å². The summed E-state index contributed by atoms with van der Waals surface area (Å²) in [4.78, 5) is 8.36. The molecular weight excluding hydrogens is 348 g/mol. The Morgan fingerprint density at radius 2 is 1.96 bits per heavy atom. The van der Waals surface area contributed by atoms with Crippen LogP contribution in [0.15, 0.2) is 12.3 Å². The molecule has 7 heteroatoms. The van der Waals surface area contributed by atoms with Gasteiger partial charge in [0.15, 0.2) is 9.84 Å². The van der Waals surface area contributed by atoms with Crippen molar-refractivity contribution < 1.29 is 8.42 Å². The predicted molar refractivity (Wildman–Crippen MR) is 101 cm³/mol. The molecule has 0 atom stereocenters. The van der Waals surface area contributed by atoms with Crippen molar-refractivity contribution in [3.63, 3.8) is 0 Å². The molecule has 1 aliphatic carbocycles. The molecule has 2 heterocycles. The minimum absolute atomic E-state index is 0.0198. The minimum atomic E-state index is -3.21. The topological polar surface area (TPSA) is 88.6 Å². The molecule has 26 heavy (non-hydrogen) atoms. The molecule has 0 aromatic carbocycles. The van der Waals surface area contributed by atoms with Gasteiger partial charge in [0, 0.05) is 23.8 Å². The number of fused-ring (bicyclic) bond motifs is 1. The highest BCUT2D eigenvalue weighted by Crippen LogP contribution is 2.29. The first kappa shape index (κ1) is 18.8. The highest BCUT2D eigenvalue weighted by atomic mass is 32.2. The average molecular weight is 375 g/mol. The molecule has 0 spiro atoms. The monoisotopic (exact) mass is 374 g/mol. The minimum Gasteiger partial charge on any atom is -0.328 e. The van der Waals surface area contributed by atoms with Crippen LogP contribution in [-0.4, -0.2) is 28.2 Å².